The zero-order valence-electron chi connectivity index (χ0n) is 8.84. The Bertz CT molecular complexity index is 626. The first kappa shape index (κ1) is 14.9. The van der Waals surface area contributed by atoms with Crippen LogP contribution in [0.25, 0.3) is 0 Å². The molecule has 0 unspecified atom stereocenters. The van der Waals surface area contributed by atoms with Crippen molar-refractivity contribution >= 4 is 21.6 Å². The minimum absolute atomic E-state index is 0.558. The van der Waals surface area contributed by atoms with E-state index in [0.717, 1.165) is 22.9 Å². The first-order valence-corrected chi connectivity index (χ1v) is 5.91. The topological polar surface area (TPSA) is 106 Å². The van der Waals surface area contributed by atoms with Gasteiger partial charge in [0.05, 0.1) is 4.92 Å². The van der Waals surface area contributed by atoms with Gasteiger partial charge in [-0.15, -0.1) is 0 Å². The van der Waals surface area contributed by atoms with Gasteiger partial charge in [-0.05, 0) is 6.07 Å². The van der Waals surface area contributed by atoms with Crippen LogP contribution < -0.4 is 4.72 Å². The van der Waals surface area contributed by atoms with Crippen molar-refractivity contribution in [2.45, 2.75) is 5.51 Å². The largest absolute Gasteiger partial charge is 0.516 e. The highest BCUT2D eigenvalue weighted by Crippen LogP contribution is 2.22. The Morgan fingerprint density at radius 3 is 2.37 bits per heavy atom. The van der Waals surface area contributed by atoms with Gasteiger partial charge in [-0.3, -0.25) is 14.9 Å². The van der Waals surface area contributed by atoms with Crippen LogP contribution in [-0.2, 0) is 10.0 Å². The fraction of sp³-hybridized carbons (Fsp3) is 0.125. The minimum Gasteiger partial charge on any atom is -0.268 e. The predicted octanol–water partition coefficient (Wildman–Crippen LogP) is 1.17. The van der Waals surface area contributed by atoms with Crippen molar-refractivity contribution in [2.24, 2.45) is 0 Å². The summed E-state index contributed by atoms with van der Waals surface area (Å²) in [6.07, 6.45) is 0. The molecule has 104 valence electrons. The maximum absolute atomic E-state index is 12.0. The third kappa shape index (κ3) is 3.40. The number of hydrogen-bond acceptors (Lipinski definition) is 5. The summed E-state index contributed by atoms with van der Waals surface area (Å²) >= 11 is 0. The zero-order chi connectivity index (χ0) is 14.8. The summed E-state index contributed by atoms with van der Waals surface area (Å²) < 4.78 is 58.1. The first-order valence-electron chi connectivity index (χ1n) is 4.42. The molecule has 19 heavy (non-hydrogen) atoms. The Morgan fingerprint density at radius 2 is 1.89 bits per heavy atom. The van der Waals surface area contributed by atoms with Gasteiger partial charge in [0.1, 0.15) is 0 Å². The van der Waals surface area contributed by atoms with Gasteiger partial charge in [0, 0.05) is 17.7 Å². The molecule has 0 radical (unpaired) electrons. The van der Waals surface area contributed by atoms with E-state index in [-0.39, 0.29) is 0 Å². The molecule has 1 N–H and O–H groups in total. The van der Waals surface area contributed by atoms with Gasteiger partial charge >= 0.3 is 15.5 Å². The first-order chi connectivity index (χ1) is 8.54. The van der Waals surface area contributed by atoms with Crippen LogP contribution >= 0.6 is 0 Å². The number of carbonyl (C=O) groups excluding carboxylic acids is 1. The number of nitrogens with zero attached hydrogens (tertiary/aromatic N) is 1. The number of carbonyl (C=O) groups is 1. The molecule has 1 rings (SSSR count). The van der Waals surface area contributed by atoms with Crippen molar-refractivity contribution < 1.29 is 31.3 Å². The number of alkyl halides is 3. The van der Waals surface area contributed by atoms with E-state index in [9.17, 15) is 36.5 Å². The molecule has 0 aromatic heterocycles. The zero-order valence-corrected chi connectivity index (χ0v) is 9.66. The van der Waals surface area contributed by atoms with Crippen LogP contribution in [0.1, 0.15) is 10.4 Å². The molecule has 1 amide bonds. The Balaban J connectivity index is 3.03. The van der Waals surface area contributed by atoms with Crippen molar-refractivity contribution in [3.8, 4) is 0 Å². The highest BCUT2D eigenvalue weighted by atomic mass is 32.2. The van der Waals surface area contributed by atoms with E-state index in [0.29, 0.717) is 6.07 Å². The van der Waals surface area contributed by atoms with Gasteiger partial charge in [0.2, 0.25) is 0 Å². The molecule has 1 aromatic rings. The molecule has 0 saturated carbocycles. The number of sulfonamides is 1. The molecular formula is C8H5F3N2O5S. The number of benzene rings is 1. The molecule has 1 aromatic carbocycles. The lowest BCUT2D eigenvalue weighted by Crippen LogP contribution is -2.40. The summed E-state index contributed by atoms with van der Waals surface area (Å²) in [6.45, 7) is 0. The lowest BCUT2D eigenvalue weighted by Gasteiger charge is -2.09. The number of nitro benzene ring substituents is 1. The van der Waals surface area contributed by atoms with E-state index < -0.39 is 37.6 Å². The lowest BCUT2D eigenvalue weighted by molar-refractivity contribution is -0.384. The Hall–Kier alpha value is -2.17. The number of halogens is 3. The minimum atomic E-state index is -5.85. The van der Waals surface area contributed by atoms with Gasteiger partial charge in [-0.1, -0.05) is 6.07 Å². The summed E-state index contributed by atoms with van der Waals surface area (Å²) in [5.74, 6) is -1.61. The number of hydrogen-bond donors (Lipinski definition) is 1. The van der Waals surface area contributed by atoms with E-state index in [4.69, 9.17) is 0 Å². The summed E-state index contributed by atoms with van der Waals surface area (Å²) in [6, 6.07) is 3.62. The van der Waals surface area contributed by atoms with Crippen molar-refractivity contribution in [3.05, 3.63) is 39.9 Å². The van der Waals surface area contributed by atoms with Crippen LogP contribution in [0.2, 0.25) is 0 Å². The van der Waals surface area contributed by atoms with Gasteiger partial charge in [0.25, 0.3) is 11.6 Å². The van der Waals surface area contributed by atoms with Crippen LogP contribution in [0.5, 0.6) is 0 Å². The molecule has 0 heterocycles. The van der Waals surface area contributed by atoms with Gasteiger partial charge in [-0.25, -0.2) is 4.72 Å². The van der Waals surface area contributed by atoms with Crippen molar-refractivity contribution in [2.75, 3.05) is 0 Å². The fourth-order valence-corrected chi connectivity index (χ4v) is 1.48. The molecule has 0 aliphatic rings. The molecule has 0 spiro atoms. The molecule has 11 heteroatoms. The van der Waals surface area contributed by atoms with Gasteiger partial charge in [0.15, 0.2) is 0 Å². The van der Waals surface area contributed by atoms with Crippen LogP contribution in [0.15, 0.2) is 24.3 Å². The SMILES string of the molecule is O=C(NS(=O)(=O)C(F)(F)F)c1cccc([N+](=O)[O-])c1. The molecule has 0 aliphatic carbocycles. The summed E-state index contributed by atoms with van der Waals surface area (Å²) in [4.78, 5) is 20.8. The number of rotatable bonds is 3. The van der Waals surface area contributed by atoms with Gasteiger partial charge in [-0.2, -0.15) is 21.6 Å². The smallest absolute Gasteiger partial charge is 0.268 e. The average Bonchev–Trinajstić information content (AvgIpc) is 2.27. The molecule has 7 nitrogen and oxygen atoms in total. The Morgan fingerprint density at radius 1 is 1.32 bits per heavy atom. The molecule has 0 aliphatic heterocycles. The number of nitrogens with one attached hydrogen (secondary N) is 1. The third-order valence-corrected chi connectivity index (χ3v) is 2.91. The monoisotopic (exact) mass is 298 g/mol. The Labute approximate surface area is 104 Å². The maximum atomic E-state index is 12.0. The van der Waals surface area contributed by atoms with E-state index in [1.807, 2.05) is 0 Å². The number of non-ortho nitro benzene ring substituents is 1. The van der Waals surface area contributed by atoms with Crippen LogP contribution in [0.3, 0.4) is 0 Å². The summed E-state index contributed by atoms with van der Waals surface area (Å²) in [7, 11) is -5.85. The lowest BCUT2D eigenvalue weighted by atomic mass is 10.2. The number of nitro groups is 1. The highest BCUT2D eigenvalue weighted by Gasteiger charge is 2.47. The fourth-order valence-electron chi connectivity index (χ4n) is 1.000. The summed E-state index contributed by atoms with van der Waals surface area (Å²) in [5.41, 5.74) is -6.79. The normalized spacial score (nSPS) is 11.9. The van der Waals surface area contributed by atoms with E-state index in [1.54, 1.807) is 0 Å². The van der Waals surface area contributed by atoms with Crippen LogP contribution in [0.4, 0.5) is 18.9 Å². The highest BCUT2D eigenvalue weighted by molar-refractivity contribution is 7.90. The molecule has 0 bridgehead atoms. The third-order valence-electron chi connectivity index (χ3n) is 1.85. The summed E-state index contributed by atoms with van der Waals surface area (Å²) in [5, 5.41) is 10.4. The van der Waals surface area contributed by atoms with Crippen LogP contribution in [0, 0.1) is 10.1 Å². The molecule has 0 atom stereocenters. The molecule has 0 fully saturated rings. The standard InChI is InChI=1S/C8H5F3N2O5S/c9-8(10,11)19(17,18)12-7(14)5-2-1-3-6(4-5)13(15)16/h1-4H,(H,12,14). The second-order valence-electron chi connectivity index (χ2n) is 3.19. The van der Waals surface area contributed by atoms with Crippen molar-refractivity contribution in [1.82, 2.24) is 4.72 Å². The van der Waals surface area contributed by atoms with Crippen LogP contribution in [-0.4, -0.2) is 24.8 Å². The van der Waals surface area contributed by atoms with Crippen molar-refractivity contribution in [1.29, 1.82) is 0 Å². The van der Waals surface area contributed by atoms with E-state index in [2.05, 4.69) is 0 Å². The Kier molecular flexibility index (Phi) is 3.79. The molecular weight excluding hydrogens is 293 g/mol. The quantitative estimate of drug-likeness (QED) is 0.666. The van der Waals surface area contributed by atoms with Gasteiger partial charge < -0.3 is 0 Å². The average molecular weight is 298 g/mol. The second kappa shape index (κ2) is 4.84. The molecule has 0 saturated heterocycles. The van der Waals surface area contributed by atoms with Crippen molar-refractivity contribution in [3.63, 3.8) is 0 Å². The number of amides is 1. The predicted molar refractivity (Wildman–Crippen MR) is 55.5 cm³/mol. The van der Waals surface area contributed by atoms with E-state index in [1.165, 1.54) is 0 Å². The van der Waals surface area contributed by atoms with E-state index >= 15 is 0 Å². The maximum Gasteiger partial charge on any atom is 0.516 e. The second-order valence-corrected chi connectivity index (χ2v) is 4.86.